The quantitative estimate of drug-likeness (QED) is 0.223. The Morgan fingerprint density at radius 1 is 0.912 bits per heavy atom. The van der Waals surface area contributed by atoms with Gasteiger partial charge in [0.2, 0.25) is 12.0 Å². The van der Waals surface area contributed by atoms with Crippen LogP contribution in [-0.4, -0.2) is 77.9 Å². The highest BCUT2D eigenvalue weighted by Gasteiger charge is 2.48. The molecule has 0 spiro atoms. The van der Waals surface area contributed by atoms with Crippen molar-refractivity contribution >= 4 is 16.9 Å². The first-order valence-corrected chi connectivity index (χ1v) is 9.49. The maximum Gasteiger partial charge on any atom is 0.335 e. The molecule has 0 amide bonds. The van der Waals surface area contributed by atoms with E-state index in [1.807, 2.05) is 0 Å². The first kappa shape index (κ1) is 24.8. The number of ether oxygens (including phenoxy) is 2. The summed E-state index contributed by atoms with van der Waals surface area (Å²) in [4.78, 5) is 23.8. The highest BCUT2D eigenvalue weighted by molar-refractivity contribution is 5.89. The fraction of sp³-hybridized carbons (Fsp3) is 0.238. The Bertz CT molecular complexity index is 1270. The van der Waals surface area contributed by atoms with Gasteiger partial charge in [-0.3, -0.25) is 4.79 Å². The van der Waals surface area contributed by atoms with E-state index in [9.17, 15) is 40.2 Å². The Labute approximate surface area is 189 Å². The monoisotopic (exact) mass is 480 g/mol. The molecule has 2 heterocycles. The SMILES string of the molecule is O.O=C(O)[C@H]1OC(Oc2cc3oc(-c4ccc(O)cc4)cc(=O)c3c(O)c2O)[C@H](O)[C@@H](O)[C@@H]1O. The number of aliphatic hydroxyl groups is 3. The third-order valence-corrected chi connectivity index (χ3v) is 5.14. The molecular weight excluding hydrogens is 460 g/mol. The molecule has 0 radical (unpaired) electrons. The Morgan fingerprint density at radius 2 is 1.56 bits per heavy atom. The van der Waals surface area contributed by atoms with Crippen molar-refractivity contribution in [3.63, 3.8) is 0 Å². The zero-order valence-electron chi connectivity index (χ0n) is 17.0. The van der Waals surface area contributed by atoms with Crippen LogP contribution in [-0.2, 0) is 9.53 Å². The molecular formula is C21H20O13. The van der Waals surface area contributed by atoms with Gasteiger partial charge in [-0.2, -0.15) is 0 Å². The van der Waals surface area contributed by atoms with Crippen molar-refractivity contribution in [2.24, 2.45) is 0 Å². The molecule has 13 nitrogen and oxygen atoms in total. The summed E-state index contributed by atoms with van der Waals surface area (Å²) in [7, 11) is 0. The molecule has 3 aromatic rings. The number of phenols is 3. The Morgan fingerprint density at radius 3 is 2.18 bits per heavy atom. The number of aliphatic carboxylic acids is 1. The van der Waals surface area contributed by atoms with E-state index in [0.29, 0.717) is 5.56 Å². The van der Waals surface area contributed by atoms with Crippen LogP contribution in [0.3, 0.4) is 0 Å². The van der Waals surface area contributed by atoms with E-state index < -0.39 is 59.4 Å². The van der Waals surface area contributed by atoms with Gasteiger partial charge >= 0.3 is 5.97 Å². The first-order chi connectivity index (χ1) is 15.6. The Kier molecular flexibility index (Phi) is 6.67. The van der Waals surface area contributed by atoms with Gasteiger partial charge < -0.3 is 55.1 Å². The molecule has 1 aromatic heterocycles. The number of carboxylic acid groups (broad SMARTS) is 1. The van der Waals surface area contributed by atoms with Gasteiger partial charge in [-0.15, -0.1) is 0 Å². The van der Waals surface area contributed by atoms with E-state index in [0.717, 1.165) is 12.1 Å². The molecule has 182 valence electrons. The molecule has 0 aliphatic carbocycles. The minimum Gasteiger partial charge on any atom is -0.508 e. The molecule has 1 saturated heterocycles. The molecule has 2 aromatic carbocycles. The van der Waals surface area contributed by atoms with Crippen LogP contribution in [0.2, 0.25) is 0 Å². The standard InChI is InChI=1S/C21H18O12.H2O/c22-8-3-1-7(2-4-8)10-5-9(23)13-11(31-10)6-12(14(24)15(13)25)32-21-18(28)16(26)17(27)19(33-21)20(29)30;/h1-6,16-19,21-22,24-28H,(H,29,30);1H2/t16-,17-,18+,19-,21?;/m0./s1. The topological polar surface area (TPSA) is 239 Å². The number of hydrogen-bond acceptors (Lipinski definition) is 11. The minimum absolute atomic E-state index is 0. The second-order valence-electron chi connectivity index (χ2n) is 7.32. The van der Waals surface area contributed by atoms with Crippen LogP contribution in [0.4, 0.5) is 0 Å². The van der Waals surface area contributed by atoms with Crippen LogP contribution in [0.5, 0.6) is 23.0 Å². The van der Waals surface area contributed by atoms with Gasteiger partial charge in [-0.05, 0) is 24.3 Å². The van der Waals surface area contributed by atoms with Gasteiger partial charge in [0.15, 0.2) is 23.0 Å². The third kappa shape index (κ3) is 4.21. The molecule has 1 aliphatic rings. The first-order valence-electron chi connectivity index (χ1n) is 9.49. The van der Waals surface area contributed by atoms with Gasteiger partial charge in [0.25, 0.3) is 0 Å². The van der Waals surface area contributed by atoms with Crippen LogP contribution >= 0.6 is 0 Å². The van der Waals surface area contributed by atoms with Crippen molar-refractivity contribution in [3.8, 4) is 34.3 Å². The summed E-state index contributed by atoms with van der Waals surface area (Å²) in [6.45, 7) is 0. The summed E-state index contributed by atoms with van der Waals surface area (Å²) >= 11 is 0. The van der Waals surface area contributed by atoms with Gasteiger partial charge in [-0.1, -0.05) is 0 Å². The highest BCUT2D eigenvalue weighted by Crippen LogP contribution is 2.42. The lowest BCUT2D eigenvalue weighted by atomic mass is 9.99. The molecule has 1 unspecified atom stereocenters. The lowest BCUT2D eigenvalue weighted by Crippen LogP contribution is -2.61. The van der Waals surface area contributed by atoms with E-state index in [2.05, 4.69) is 0 Å². The molecule has 4 rings (SSSR count). The molecule has 13 heteroatoms. The number of rotatable bonds is 4. The summed E-state index contributed by atoms with van der Waals surface area (Å²) in [6.07, 6.45) is -9.67. The fourth-order valence-electron chi connectivity index (χ4n) is 3.40. The highest BCUT2D eigenvalue weighted by atomic mass is 16.7. The summed E-state index contributed by atoms with van der Waals surface area (Å²) in [5.74, 6) is -4.01. The largest absolute Gasteiger partial charge is 0.508 e. The van der Waals surface area contributed by atoms with E-state index in [-0.39, 0.29) is 28.0 Å². The average Bonchev–Trinajstić information content (AvgIpc) is 2.77. The molecule has 0 saturated carbocycles. The second-order valence-corrected chi connectivity index (χ2v) is 7.32. The van der Waals surface area contributed by atoms with Crippen molar-refractivity contribution in [1.29, 1.82) is 0 Å². The van der Waals surface area contributed by atoms with Gasteiger partial charge in [0.1, 0.15) is 40.8 Å². The Hall–Kier alpha value is -3.88. The minimum atomic E-state index is -1.96. The molecule has 1 aliphatic heterocycles. The van der Waals surface area contributed by atoms with E-state index in [1.165, 1.54) is 24.3 Å². The maximum absolute atomic E-state index is 12.6. The van der Waals surface area contributed by atoms with Crippen LogP contribution in [0.1, 0.15) is 0 Å². The normalized spacial score (nSPS) is 24.4. The lowest BCUT2D eigenvalue weighted by Gasteiger charge is -2.38. The molecule has 1 fully saturated rings. The van der Waals surface area contributed by atoms with Crippen molar-refractivity contribution in [2.75, 3.05) is 0 Å². The van der Waals surface area contributed by atoms with Gasteiger partial charge in [-0.25, -0.2) is 4.79 Å². The number of benzene rings is 2. The Balaban J connectivity index is 0.00000324. The van der Waals surface area contributed by atoms with Gasteiger partial charge in [0, 0.05) is 17.7 Å². The van der Waals surface area contributed by atoms with Crippen LogP contribution < -0.4 is 10.2 Å². The third-order valence-electron chi connectivity index (χ3n) is 5.14. The molecule has 0 bridgehead atoms. The van der Waals surface area contributed by atoms with Crippen molar-refractivity contribution in [1.82, 2.24) is 0 Å². The summed E-state index contributed by atoms with van der Waals surface area (Å²) in [5, 5.41) is 68.6. The zero-order valence-corrected chi connectivity index (χ0v) is 17.0. The summed E-state index contributed by atoms with van der Waals surface area (Å²) < 4.78 is 15.9. The number of phenolic OH excluding ortho intramolecular Hbond substituents is 3. The summed E-state index contributed by atoms with van der Waals surface area (Å²) in [6, 6.07) is 7.74. The number of fused-ring (bicyclic) bond motifs is 1. The van der Waals surface area contributed by atoms with Crippen molar-refractivity contribution in [2.45, 2.75) is 30.7 Å². The fourth-order valence-corrected chi connectivity index (χ4v) is 3.40. The average molecular weight is 480 g/mol. The lowest BCUT2D eigenvalue weighted by molar-refractivity contribution is -0.271. The maximum atomic E-state index is 12.6. The number of aromatic hydroxyl groups is 3. The number of carboxylic acids is 1. The van der Waals surface area contributed by atoms with E-state index in [1.54, 1.807) is 0 Å². The number of aliphatic hydroxyl groups excluding tert-OH is 3. The number of hydrogen-bond donors (Lipinski definition) is 7. The smallest absolute Gasteiger partial charge is 0.335 e. The van der Waals surface area contributed by atoms with E-state index in [4.69, 9.17) is 19.0 Å². The number of carbonyl (C=O) groups is 1. The van der Waals surface area contributed by atoms with E-state index >= 15 is 0 Å². The summed E-state index contributed by atoms with van der Waals surface area (Å²) in [5.41, 5.74) is -0.539. The van der Waals surface area contributed by atoms with Gasteiger partial charge in [0.05, 0.1) is 0 Å². The van der Waals surface area contributed by atoms with Crippen molar-refractivity contribution < 1.29 is 59.9 Å². The molecule has 34 heavy (non-hydrogen) atoms. The van der Waals surface area contributed by atoms with Crippen LogP contribution in [0.25, 0.3) is 22.3 Å². The second kappa shape index (κ2) is 9.17. The molecule has 5 atom stereocenters. The van der Waals surface area contributed by atoms with Crippen LogP contribution in [0.15, 0.2) is 45.6 Å². The molecule has 9 N–H and O–H groups in total. The zero-order chi connectivity index (χ0) is 24.0. The predicted octanol–water partition coefficient (Wildman–Crippen LogP) is -0.977. The predicted molar refractivity (Wildman–Crippen MR) is 111 cm³/mol. The van der Waals surface area contributed by atoms with Crippen molar-refractivity contribution in [3.05, 3.63) is 46.6 Å². The van der Waals surface area contributed by atoms with Crippen LogP contribution in [0, 0.1) is 0 Å².